The lowest BCUT2D eigenvalue weighted by Crippen LogP contribution is -2.19. The molecule has 1 N–H and O–H groups in total. The molecule has 1 aromatic heterocycles. The number of hydrogen-bond donors (Lipinski definition) is 1. The van der Waals surface area contributed by atoms with E-state index in [2.05, 4.69) is 30.6 Å². The van der Waals surface area contributed by atoms with Gasteiger partial charge in [0.2, 0.25) is 0 Å². The van der Waals surface area contributed by atoms with Crippen molar-refractivity contribution in [3.05, 3.63) is 22.4 Å². The second kappa shape index (κ2) is 5.33. The first-order chi connectivity index (χ1) is 5.83. The van der Waals surface area contributed by atoms with Gasteiger partial charge in [0.25, 0.3) is 0 Å². The molecule has 0 amide bonds. The summed E-state index contributed by atoms with van der Waals surface area (Å²) in [6.45, 7) is 6.62. The van der Waals surface area contributed by atoms with Crippen LogP contribution in [0.2, 0.25) is 0 Å². The lowest BCUT2D eigenvalue weighted by atomic mass is 10.1. The molecule has 2 heteroatoms. The van der Waals surface area contributed by atoms with Crippen LogP contribution in [-0.2, 0) is 6.54 Å². The second-order valence-corrected chi connectivity index (χ2v) is 4.13. The van der Waals surface area contributed by atoms with Crippen LogP contribution >= 0.6 is 11.3 Å². The Labute approximate surface area is 78.8 Å². The van der Waals surface area contributed by atoms with Crippen LogP contribution in [-0.4, -0.2) is 6.54 Å². The van der Waals surface area contributed by atoms with E-state index in [9.17, 15) is 0 Å². The fourth-order valence-electron chi connectivity index (χ4n) is 0.952. The van der Waals surface area contributed by atoms with Crippen LogP contribution < -0.4 is 5.32 Å². The third kappa shape index (κ3) is 3.37. The molecule has 1 unspecified atom stereocenters. The average Bonchev–Trinajstić information content (AvgIpc) is 2.57. The molecule has 1 radical (unpaired) electrons. The van der Waals surface area contributed by atoms with Crippen molar-refractivity contribution in [2.75, 3.05) is 6.54 Å². The van der Waals surface area contributed by atoms with Gasteiger partial charge in [-0.3, -0.25) is 0 Å². The predicted molar refractivity (Wildman–Crippen MR) is 54.3 cm³/mol. The van der Waals surface area contributed by atoms with E-state index < -0.39 is 0 Å². The van der Waals surface area contributed by atoms with Gasteiger partial charge < -0.3 is 5.32 Å². The van der Waals surface area contributed by atoms with E-state index in [0.29, 0.717) is 0 Å². The normalized spacial score (nSPS) is 13.2. The van der Waals surface area contributed by atoms with Crippen LogP contribution in [0.15, 0.2) is 12.1 Å². The predicted octanol–water partition coefficient (Wildman–Crippen LogP) is 2.68. The van der Waals surface area contributed by atoms with Gasteiger partial charge in [0, 0.05) is 16.8 Å². The van der Waals surface area contributed by atoms with Crippen molar-refractivity contribution in [1.29, 1.82) is 0 Å². The summed E-state index contributed by atoms with van der Waals surface area (Å²) in [4.78, 5) is 1.37. The van der Waals surface area contributed by atoms with Gasteiger partial charge in [-0.2, -0.15) is 0 Å². The summed E-state index contributed by atoms with van der Waals surface area (Å²) >= 11 is 1.69. The Kier molecular flexibility index (Phi) is 4.33. The third-order valence-corrected chi connectivity index (χ3v) is 2.81. The molecule has 0 bridgehead atoms. The van der Waals surface area contributed by atoms with Gasteiger partial charge in [0.15, 0.2) is 0 Å². The summed E-state index contributed by atoms with van der Waals surface area (Å²) in [7, 11) is 0. The van der Waals surface area contributed by atoms with E-state index in [1.54, 1.807) is 11.3 Å². The standard InChI is InChI=1S/C10H16NS/c1-3-9(2)7-11-8-10-5-4-6-12-10/h4-5,9,11H,3,7-8H2,1-2H3. The highest BCUT2D eigenvalue weighted by atomic mass is 32.1. The SMILES string of the molecule is CCC(C)CNCc1cc[c]s1. The van der Waals surface area contributed by atoms with Crippen molar-refractivity contribution < 1.29 is 0 Å². The van der Waals surface area contributed by atoms with Crippen molar-refractivity contribution in [2.24, 2.45) is 5.92 Å². The molecule has 67 valence electrons. The topological polar surface area (TPSA) is 12.0 Å². The molecule has 1 atom stereocenters. The first-order valence-corrected chi connectivity index (χ1v) is 5.30. The van der Waals surface area contributed by atoms with Crippen LogP contribution in [0.1, 0.15) is 25.1 Å². The van der Waals surface area contributed by atoms with Crippen molar-refractivity contribution in [3.8, 4) is 0 Å². The van der Waals surface area contributed by atoms with Gasteiger partial charge in [0.1, 0.15) is 0 Å². The van der Waals surface area contributed by atoms with Crippen molar-refractivity contribution in [2.45, 2.75) is 26.8 Å². The minimum Gasteiger partial charge on any atom is -0.312 e. The number of rotatable bonds is 5. The number of thiophene rings is 1. The quantitative estimate of drug-likeness (QED) is 0.738. The summed E-state index contributed by atoms with van der Waals surface area (Å²) in [6.07, 6.45) is 1.25. The van der Waals surface area contributed by atoms with Crippen molar-refractivity contribution >= 4 is 11.3 Å². The van der Waals surface area contributed by atoms with Gasteiger partial charge in [-0.1, -0.05) is 20.3 Å². The molecule has 0 aliphatic carbocycles. The zero-order valence-electron chi connectivity index (χ0n) is 7.76. The lowest BCUT2D eigenvalue weighted by Gasteiger charge is -2.08. The van der Waals surface area contributed by atoms with E-state index in [4.69, 9.17) is 0 Å². The van der Waals surface area contributed by atoms with Crippen LogP contribution in [0.3, 0.4) is 0 Å². The molecular formula is C10H16NS. The maximum atomic E-state index is 3.43. The minimum absolute atomic E-state index is 0.786. The molecule has 1 aromatic rings. The Bertz CT molecular complexity index is 194. The van der Waals surface area contributed by atoms with Gasteiger partial charge in [0.05, 0.1) is 0 Å². The third-order valence-electron chi connectivity index (χ3n) is 2.02. The molecule has 0 aliphatic rings. The minimum atomic E-state index is 0.786. The highest BCUT2D eigenvalue weighted by Crippen LogP contribution is 2.07. The van der Waals surface area contributed by atoms with E-state index in [1.807, 2.05) is 6.07 Å². The van der Waals surface area contributed by atoms with Gasteiger partial charge in [-0.25, -0.2) is 0 Å². The van der Waals surface area contributed by atoms with Crippen LogP contribution in [0.4, 0.5) is 0 Å². The highest BCUT2D eigenvalue weighted by Gasteiger charge is 1.97. The maximum Gasteiger partial charge on any atom is 0.0446 e. The first-order valence-electron chi connectivity index (χ1n) is 4.48. The fraction of sp³-hybridized carbons (Fsp3) is 0.600. The van der Waals surface area contributed by atoms with Gasteiger partial charge in [-0.05, 0) is 24.6 Å². The lowest BCUT2D eigenvalue weighted by molar-refractivity contribution is 0.501. The molecule has 1 heterocycles. The molecule has 0 saturated carbocycles. The van der Waals surface area contributed by atoms with Crippen LogP contribution in [0.5, 0.6) is 0 Å². The Hall–Kier alpha value is -0.340. The van der Waals surface area contributed by atoms with E-state index in [1.165, 1.54) is 11.3 Å². The molecule has 0 aromatic carbocycles. The van der Waals surface area contributed by atoms with Gasteiger partial charge in [-0.15, -0.1) is 11.3 Å². The molecule has 12 heavy (non-hydrogen) atoms. The Morgan fingerprint density at radius 3 is 3.08 bits per heavy atom. The van der Waals surface area contributed by atoms with Crippen molar-refractivity contribution in [1.82, 2.24) is 5.32 Å². The van der Waals surface area contributed by atoms with Crippen molar-refractivity contribution in [3.63, 3.8) is 0 Å². The number of nitrogens with one attached hydrogen (secondary N) is 1. The molecule has 0 spiro atoms. The largest absolute Gasteiger partial charge is 0.312 e. The molecule has 1 nitrogen and oxygen atoms in total. The summed E-state index contributed by atoms with van der Waals surface area (Å²) in [5.41, 5.74) is 0. The van der Waals surface area contributed by atoms with E-state index in [0.717, 1.165) is 19.0 Å². The summed E-state index contributed by atoms with van der Waals surface area (Å²) in [5.74, 6) is 0.786. The fourth-order valence-corrected chi connectivity index (χ4v) is 1.55. The zero-order chi connectivity index (χ0) is 8.81. The van der Waals surface area contributed by atoms with E-state index in [-0.39, 0.29) is 0 Å². The maximum absolute atomic E-state index is 3.43. The molecule has 1 rings (SSSR count). The first kappa shape index (κ1) is 9.75. The van der Waals surface area contributed by atoms with Gasteiger partial charge >= 0.3 is 0 Å². The highest BCUT2D eigenvalue weighted by molar-refractivity contribution is 7.09. The summed E-state index contributed by atoms with van der Waals surface area (Å²) in [5, 5.41) is 6.51. The Morgan fingerprint density at radius 1 is 1.67 bits per heavy atom. The van der Waals surface area contributed by atoms with Crippen LogP contribution in [0, 0.1) is 11.3 Å². The van der Waals surface area contributed by atoms with Crippen LogP contribution in [0.25, 0.3) is 0 Å². The Morgan fingerprint density at radius 2 is 2.50 bits per heavy atom. The molecular weight excluding hydrogens is 166 g/mol. The summed E-state index contributed by atoms with van der Waals surface area (Å²) in [6, 6.07) is 4.10. The summed E-state index contributed by atoms with van der Waals surface area (Å²) < 4.78 is 0. The molecule has 0 fully saturated rings. The second-order valence-electron chi connectivity index (χ2n) is 3.16. The zero-order valence-corrected chi connectivity index (χ0v) is 8.58. The smallest absolute Gasteiger partial charge is 0.0446 e. The number of hydrogen-bond acceptors (Lipinski definition) is 2. The average molecular weight is 182 g/mol. The molecule has 0 saturated heterocycles. The Balaban J connectivity index is 2.11. The monoisotopic (exact) mass is 182 g/mol. The van der Waals surface area contributed by atoms with E-state index >= 15 is 0 Å². The molecule has 0 aliphatic heterocycles.